The molecule has 0 unspecified atom stereocenters. The molecule has 2 aromatic carbocycles. The van der Waals surface area contributed by atoms with Crippen LogP contribution in [0.3, 0.4) is 0 Å². The number of ether oxygens (including phenoxy) is 1. The summed E-state index contributed by atoms with van der Waals surface area (Å²) in [6.45, 7) is 0. The van der Waals surface area contributed by atoms with Crippen LogP contribution >= 0.6 is 143 Å². The Morgan fingerprint density at radius 3 is 1.17 bits per heavy atom. The van der Waals surface area contributed by atoms with E-state index >= 15 is 0 Å². The van der Waals surface area contributed by atoms with Crippen LogP contribution in [0.2, 0.25) is 0 Å². The van der Waals surface area contributed by atoms with Gasteiger partial charge < -0.3 is 10.5 Å². The number of rotatable bonds is 2. The number of hydrogen-bond acceptors (Lipinski definition) is 2. The van der Waals surface area contributed by atoms with Gasteiger partial charge in [0, 0.05) is 4.47 Å². The summed E-state index contributed by atoms with van der Waals surface area (Å²) in [5, 5.41) is 0. The van der Waals surface area contributed by atoms with Crippen LogP contribution in [0.4, 0.5) is 5.69 Å². The van der Waals surface area contributed by atoms with Gasteiger partial charge in [-0.3, -0.25) is 0 Å². The molecule has 0 aliphatic heterocycles. The molecule has 0 saturated carbocycles. The smallest absolute Gasteiger partial charge is 0.159 e. The van der Waals surface area contributed by atoms with Gasteiger partial charge in [0.2, 0.25) is 0 Å². The van der Waals surface area contributed by atoms with E-state index < -0.39 is 0 Å². The maximum Gasteiger partial charge on any atom is 0.159 e. The van der Waals surface area contributed by atoms with Gasteiger partial charge in [0.1, 0.15) is 0 Å². The third-order valence-corrected chi connectivity index (χ3v) is 12.9. The van der Waals surface area contributed by atoms with Crippen molar-refractivity contribution in [3.8, 4) is 11.5 Å². The molecule has 0 fully saturated rings. The molecule has 0 bridgehead atoms. The average Bonchev–Trinajstić information content (AvgIpc) is 2.54. The van der Waals surface area contributed by atoms with Crippen molar-refractivity contribution in [2.75, 3.05) is 5.73 Å². The predicted octanol–water partition coefficient (Wildman–Crippen LogP) is 9.92. The number of halogens is 9. The van der Waals surface area contributed by atoms with Crippen molar-refractivity contribution in [1.82, 2.24) is 0 Å². The van der Waals surface area contributed by atoms with Gasteiger partial charge in [-0.15, -0.1) is 0 Å². The fourth-order valence-corrected chi connectivity index (χ4v) is 7.21. The van der Waals surface area contributed by atoms with Crippen molar-refractivity contribution in [3.05, 3.63) is 40.3 Å². The standard InChI is InChI=1S/C12H2Br9NO/c13-1-2(14)6(18)11(7(19)3(1)15)23-12-8(20)4(16)5(17)10(22)9(12)21/h22H2. The van der Waals surface area contributed by atoms with Gasteiger partial charge in [0.05, 0.1) is 41.5 Å². The molecule has 2 N–H and O–H groups in total. The van der Waals surface area contributed by atoms with Crippen LogP contribution in [-0.4, -0.2) is 0 Å². The topological polar surface area (TPSA) is 35.2 Å². The van der Waals surface area contributed by atoms with Crippen molar-refractivity contribution in [2.45, 2.75) is 0 Å². The van der Waals surface area contributed by atoms with Crippen LogP contribution in [0.15, 0.2) is 40.3 Å². The molecule has 0 spiro atoms. The fraction of sp³-hybridized carbons (Fsp3) is 0. The normalized spacial score (nSPS) is 11.0. The number of anilines is 1. The van der Waals surface area contributed by atoms with Crippen LogP contribution in [0.5, 0.6) is 11.5 Å². The molecule has 124 valence electrons. The highest BCUT2D eigenvalue weighted by atomic mass is 79.9. The van der Waals surface area contributed by atoms with Gasteiger partial charge >= 0.3 is 0 Å². The van der Waals surface area contributed by atoms with Gasteiger partial charge in [-0.1, -0.05) is 0 Å². The van der Waals surface area contributed by atoms with E-state index in [1.165, 1.54) is 0 Å². The number of benzene rings is 2. The summed E-state index contributed by atoms with van der Waals surface area (Å²) in [6.07, 6.45) is 0. The highest BCUT2D eigenvalue weighted by molar-refractivity contribution is 9.16. The lowest BCUT2D eigenvalue weighted by Crippen LogP contribution is -1.97. The van der Waals surface area contributed by atoms with E-state index in [0.717, 1.165) is 35.8 Å². The van der Waals surface area contributed by atoms with Crippen LogP contribution in [-0.2, 0) is 0 Å². The monoisotopic (exact) mass is 886 g/mol. The summed E-state index contributed by atoms with van der Waals surface area (Å²) >= 11 is 31.5. The second-order valence-electron chi connectivity index (χ2n) is 4.00. The Bertz CT molecular complexity index is 696. The van der Waals surface area contributed by atoms with Crippen molar-refractivity contribution in [3.63, 3.8) is 0 Å². The molecule has 0 amide bonds. The fourth-order valence-electron chi connectivity index (χ4n) is 1.50. The minimum atomic E-state index is 0.526. The van der Waals surface area contributed by atoms with Crippen LogP contribution in [0.1, 0.15) is 0 Å². The number of nitrogens with two attached hydrogens (primary N) is 1. The summed E-state index contributed by atoms with van der Waals surface area (Å²) < 4.78 is 13.0. The Hall–Kier alpha value is 2.36. The number of hydrogen-bond donors (Lipinski definition) is 1. The van der Waals surface area contributed by atoms with Crippen molar-refractivity contribution >= 4 is 149 Å². The largest absolute Gasteiger partial charge is 0.452 e. The lowest BCUT2D eigenvalue weighted by atomic mass is 10.3. The van der Waals surface area contributed by atoms with Gasteiger partial charge in [-0.25, -0.2) is 0 Å². The zero-order valence-electron chi connectivity index (χ0n) is 10.4. The van der Waals surface area contributed by atoms with Crippen molar-refractivity contribution < 1.29 is 4.74 Å². The van der Waals surface area contributed by atoms with E-state index in [0.29, 0.717) is 21.7 Å². The van der Waals surface area contributed by atoms with Crippen LogP contribution in [0, 0.1) is 0 Å². The van der Waals surface area contributed by atoms with E-state index in [2.05, 4.69) is 143 Å². The summed E-state index contributed by atoms with van der Waals surface area (Å²) in [6, 6.07) is 0. The molecule has 0 aliphatic carbocycles. The molecule has 0 radical (unpaired) electrons. The van der Waals surface area contributed by atoms with E-state index in [1.807, 2.05) is 0 Å². The average molecular weight is 895 g/mol. The third-order valence-electron chi connectivity index (χ3n) is 2.63. The third kappa shape index (κ3) is 4.12. The quantitative estimate of drug-likeness (QED) is 0.185. The van der Waals surface area contributed by atoms with Crippen molar-refractivity contribution in [1.29, 1.82) is 0 Å². The van der Waals surface area contributed by atoms with Crippen LogP contribution < -0.4 is 10.5 Å². The van der Waals surface area contributed by atoms with Crippen LogP contribution in [0.25, 0.3) is 0 Å². The lowest BCUT2D eigenvalue weighted by Gasteiger charge is -2.18. The molecule has 0 heterocycles. The van der Waals surface area contributed by atoms with Gasteiger partial charge in [0.25, 0.3) is 0 Å². The van der Waals surface area contributed by atoms with E-state index in [-0.39, 0.29) is 0 Å². The molecule has 2 nitrogen and oxygen atoms in total. The second kappa shape index (κ2) is 8.58. The van der Waals surface area contributed by atoms with Gasteiger partial charge in [-0.05, 0) is 143 Å². The maximum atomic E-state index is 6.14. The predicted molar refractivity (Wildman–Crippen MR) is 127 cm³/mol. The first-order valence-corrected chi connectivity index (χ1v) is 12.5. The lowest BCUT2D eigenvalue weighted by molar-refractivity contribution is 0.469. The van der Waals surface area contributed by atoms with Gasteiger partial charge in [-0.2, -0.15) is 0 Å². The minimum absolute atomic E-state index is 0.526. The first-order chi connectivity index (χ1) is 10.6. The molecule has 23 heavy (non-hydrogen) atoms. The van der Waals surface area contributed by atoms with E-state index in [9.17, 15) is 0 Å². The molecule has 0 aromatic heterocycles. The highest BCUT2D eigenvalue weighted by Crippen LogP contribution is 2.54. The first-order valence-electron chi connectivity index (χ1n) is 5.40. The molecule has 0 aliphatic rings. The maximum absolute atomic E-state index is 6.14. The van der Waals surface area contributed by atoms with E-state index in [4.69, 9.17) is 10.5 Å². The highest BCUT2D eigenvalue weighted by Gasteiger charge is 2.24. The zero-order chi connectivity index (χ0) is 17.6. The Balaban J connectivity index is 2.71. The van der Waals surface area contributed by atoms with E-state index in [1.54, 1.807) is 0 Å². The number of nitrogen functional groups attached to an aromatic ring is 1. The molecule has 0 saturated heterocycles. The Morgan fingerprint density at radius 2 is 0.739 bits per heavy atom. The Morgan fingerprint density at radius 1 is 0.435 bits per heavy atom. The molecule has 0 atom stereocenters. The minimum Gasteiger partial charge on any atom is -0.452 e. The molecular formula is C12H2Br9NO. The first kappa shape index (κ1) is 21.7. The summed E-state index contributed by atoms with van der Waals surface area (Å²) in [5.41, 5.74) is 6.62. The summed E-state index contributed by atoms with van der Waals surface area (Å²) in [7, 11) is 0. The molecule has 2 aromatic rings. The van der Waals surface area contributed by atoms with Crippen molar-refractivity contribution in [2.24, 2.45) is 0 Å². The summed E-state index contributed by atoms with van der Waals surface area (Å²) in [5.74, 6) is 1.13. The Labute approximate surface area is 208 Å². The molecule has 2 rings (SSSR count). The second-order valence-corrected chi connectivity index (χ2v) is 11.1. The zero-order valence-corrected chi connectivity index (χ0v) is 24.7. The Kier molecular flexibility index (Phi) is 8.08. The molecular weight excluding hydrogens is 893 g/mol. The molecule has 11 heteroatoms. The van der Waals surface area contributed by atoms with Gasteiger partial charge in [0.15, 0.2) is 11.5 Å². The SMILES string of the molecule is Nc1c(Br)c(Br)c(Br)c(Oc2c(Br)c(Br)c(Br)c(Br)c2Br)c1Br. The summed E-state index contributed by atoms with van der Waals surface area (Å²) in [4.78, 5) is 0.